The third-order valence-electron chi connectivity index (χ3n) is 3.31. The van der Waals surface area contributed by atoms with Crippen LogP contribution in [0, 0.1) is 0 Å². The van der Waals surface area contributed by atoms with Crippen LogP contribution in [0.15, 0.2) is 41.1 Å². The average molecular weight is 301 g/mol. The quantitative estimate of drug-likeness (QED) is 0.810. The van der Waals surface area contributed by atoms with Gasteiger partial charge in [0.15, 0.2) is 0 Å². The highest BCUT2D eigenvalue weighted by molar-refractivity contribution is 5.94. The molecule has 0 radical (unpaired) electrons. The van der Waals surface area contributed by atoms with E-state index >= 15 is 0 Å². The molecule has 0 atom stereocenters. The van der Waals surface area contributed by atoms with Gasteiger partial charge < -0.3 is 14.6 Å². The van der Waals surface area contributed by atoms with Crippen LogP contribution in [0.3, 0.4) is 0 Å². The number of nitrogens with one attached hydrogen (secondary N) is 1. The molecular weight excluding hydrogens is 278 g/mol. The van der Waals surface area contributed by atoms with Crippen LogP contribution in [-0.2, 0) is 6.54 Å². The Kier molecular flexibility index (Phi) is 6.01. The summed E-state index contributed by atoms with van der Waals surface area (Å²) < 4.78 is 5.25. The first-order chi connectivity index (χ1) is 10.7. The van der Waals surface area contributed by atoms with E-state index in [1.807, 2.05) is 29.2 Å². The van der Waals surface area contributed by atoms with Crippen molar-refractivity contribution in [1.29, 1.82) is 0 Å². The topological polar surface area (TPSA) is 58.4 Å². The highest BCUT2D eigenvalue weighted by Crippen LogP contribution is 2.10. The van der Waals surface area contributed by atoms with Gasteiger partial charge in [-0.1, -0.05) is 13.8 Å². The fourth-order valence-corrected chi connectivity index (χ4v) is 2.25. The lowest BCUT2D eigenvalue weighted by Gasteiger charge is -2.21. The summed E-state index contributed by atoms with van der Waals surface area (Å²) in [4.78, 5) is 18.6. The number of carbonyl (C=O) groups is 1. The van der Waals surface area contributed by atoms with E-state index in [4.69, 9.17) is 4.42 Å². The molecule has 0 fully saturated rings. The summed E-state index contributed by atoms with van der Waals surface area (Å²) in [6.45, 7) is 6.30. The van der Waals surface area contributed by atoms with Crippen LogP contribution < -0.4 is 5.32 Å². The SMILES string of the molecule is CCCN(CCC)C(=O)c1ccc(NCc2ccco2)nc1. The number of amides is 1. The minimum absolute atomic E-state index is 0.0498. The normalized spacial score (nSPS) is 10.5. The van der Waals surface area contributed by atoms with Gasteiger partial charge in [-0.15, -0.1) is 0 Å². The van der Waals surface area contributed by atoms with Gasteiger partial charge in [-0.25, -0.2) is 4.98 Å². The second kappa shape index (κ2) is 8.22. The lowest BCUT2D eigenvalue weighted by molar-refractivity contribution is 0.0755. The summed E-state index contributed by atoms with van der Waals surface area (Å²) in [7, 11) is 0. The van der Waals surface area contributed by atoms with Gasteiger partial charge >= 0.3 is 0 Å². The standard InChI is InChI=1S/C17H23N3O2/c1-3-9-20(10-4-2)17(21)14-7-8-16(18-12-14)19-13-15-6-5-11-22-15/h5-8,11-12H,3-4,9-10,13H2,1-2H3,(H,18,19). The smallest absolute Gasteiger partial charge is 0.255 e. The molecule has 0 bridgehead atoms. The molecule has 2 heterocycles. The number of aromatic nitrogens is 1. The Hall–Kier alpha value is -2.30. The molecular formula is C17H23N3O2. The van der Waals surface area contributed by atoms with Crippen molar-refractivity contribution < 1.29 is 9.21 Å². The fraction of sp³-hybridized carbons (Fsp3) is 0.412. The lowest BCUT2D eigenvalue weighted by atomic mass is 10.2. The van der Waals surface area contributed by atoms with Gasteiger partial charge in [0.05, 0.1) is 18.4 Å². The predicted octanol–water partition coefficient (Wildman–Crippen LogP) is 3.55. The second-order valence-corrected chi connectivity index (χ2v) is 5.16. The van der Waals surface area contributed by atoms with Gasteiger partial charge in [-0.2, -0.15) is 0 Å². The summed E-state index contributed by atoms with van der Waals surface area (Å²) in [6, 6.07) is 7.39. The van der Waals surface area contributed by atoms with Gasteiger partial charge in [-0.3, -0.25) is 4.79 Å². The van der Waals surface area contributed by atoms with Crippen molar-refractivity contribution in [1.82, 2.24) is 9.88 Å². The Morgan fingerprint density at radius 2 is 2.00 bits per heavy atom. The van der Waals surface area contributed by atoms with Crippen molar-refractivity contribution in [2.75, 3.05) is 18.4 Å². The predicted molar refractivity (Wildman–Crippen MR) is 86.8 cm³/mol. The van der Waals surface area contributed by atoms with E-state index in [0.29, 0.717) is 12.1 Å². The average Bonchev–Trinajstić information content (AvgIpc) is 3.06. The minimum Gasteiger partial charge on any atom is -0.467 e. The van der Waals surface area contributed by atoms with Crippen molar-refractivity contribution >= 4 is 11.7 Å². The molecule has 2 aromatic heterocycles. The van der Waals surface area contributed by atoms with Gasteiger partial charge in [0.2, 0.25) is 0 Å². The molecule has 0 unspecified atom stereocenters. The zero-order valence-electron chi connectivity index (χ0n) is 13.2. The monoisotopic (exact) mass is 301 g/mol. The van der Waals surface area contributed by atoms with Crippen LogP contribution in [0.1, 0.15) is 42.8 Å². The maximum atomic E-state index is 12.4. The molecule has 22 heavy (non-hydrogen) atoms. The third-order valence-corrected chi connectivity index (χ3v) is 3.31. The van der Waals surface area contributed by atoms with E-state index in [2.05, 4.69) is 24.1 Å². The highest BCUT2D eigenvalue weighted by Gasteiger charge is 2.14. The van der Waals surface area contributed by atoms with Gasteiger partial charge in [0.25, 0.3) is 5.91 Å². The maximum absolute atomic E-state index is 12.4. The molecule has 1 amide bonds. The minimum atomic E-state index is 0.0498. The van der Waals surface area contributed by atoms with E-state index in [1.165, 1.54) is 0 Å². The van der Waals surface area contributed by atoms with Gasteiger partial charge in [0, 0.05) is 19.3 Å². The van der Waals surface area contributed by atoms with Gasteiger partial charge in [0.1, 0.15) is 11.6 Å². The summed E-state index contributed by atoms with van der Waals surface area (Å²) in [5.74, 6) is 1.62. The van der Waals surface area contributed by atoms with E-state index in [9.17, 15) is 4.79 Å². The molecule has 0 aliphatic heterocycles. The molecule has 1 N–H and O–H groups in total. The van der Waals surface area contributed by atoms with Crippen LogP contribution >= 0.6 is 0 Å². The van der Waals surface area contributed by atoms with Gasteiger partial charge in [-0.05, 0) is 37.1 Å². The van der Waals surface area contributed by atoms with Crippen molar-refractivity contribution in [3.05, 3.63) is 48.0 Å². The van der Waals surface area contributed by atoms with E-state index in [1.54, 1.807) is 12.5 Å². The Balaban J connectivity index is 1.96. The van der Waals surface area contributed by atoms with Crippen molar-refractivity contribution in [3.63, 3.8) is 0 Å². The number of pyridine rings is 1. The summed E-state index contributed by atoms with van der Waals surface area (Å²) in [5, 5.41) is 3.16. The zero-order chi connectivity index (χ0) is 15.8. The number of furan rings is 1. The van der Waals surface area contributed by atoms with Crippen LogP contribution in [0.5, 0.6) is 0 Å². The first kappa shape index (κ1) is 16.1. The molecule has 118 valence electrons. The molecule has 0 spiro atoms. The molecule has 5 nitrogen and oxygen atoms in total. The first-order valence-electron chi connectivity index (χ1n) is 7.76. The Bertz CT molecular complexity index is 558. The number of hydrogen-bond donors (Lipinski definition) is 1. The molecule has 0 aromatic carbocycles. The van der Waals surface area contributed by atoms with Crippen molar-refractivity contribution in [3.8, 4) is 0 Å². The third kappa shape index (κ3) is 4.35. The van der Waals surface area contributed by atoms with Crippen LogP contribution in [-0.4, -0.2) is 28.9 Å². The largest absolute Gasteiger partial charge is 0.467 e. The number of hydrogen-bond acceptors (Lipinski definition) is 4. The van der Waals surface area contributed by atoms with Crippen LogP contribution in [0.2, 0.25) is 0 Å². The summed E-state index contributed by atoms with van der Waals surface area (Å²) in [6.07, 6.45) is 5.19. The number of anilines is 1. The molecule has 2 rings (SSSR count). The summed E-state index contributed by atoms with van der Waals surface area (Å²) >= 11 is 0. The molecule has 0 aliphatic rings. The van der Waals surface area contributed by atoms with Crippen molar-refractivity contribution in [2.45, 2.75) is 33.2 Å². The molecule has 0 aliphatic carbocycles. The Morgan fingerprint density at radius 1 is 1.23 bits per heavy atom. The van der Waals surface area contributed by atoms with Crippen molar-refractivity contribution in [2.24, 2.45) is 0 Å². The Labute approximate surface area is 131 Å². The number of nitrogens with zero attached hydrogens (tertiary/aromatic N) is 2. The van der Waals surface area contributed by atoms with E-state index in [0.717, 1.165) is 37.5 Å². The molecule has 0 saturated carbocycles. The fourth-order valence-electron chi connectivity index (χ4n) is 2.25. The molecule has 0 saturated heterocycles. The van der Waals surface area contributed by atoms with E-state index in [-0.39, 0.29) is 5.91 Å². The number of carbonyl (C=O) groups excluding carboxylic acids is 1. The number of rotatable bonds is 8. The maximum Gasteiger partial charge on any atom is 0.255 e. The summed E-state index contributed by atoms with van der Waals surface area (Å²) in [5.41, 5.74) is 0.630. The lowest BCUT2D eigenvalue weighted by Crippen LogP contribution is -2.32. The first-order valence-corrected chi connectivity index (χ1v) is 7.76. The molecule has 2 aromatic rings. The second-order valence-electron chi connectivity index (χ2n) is 5.16. The Morgan fingerprint density at radius 3 is 2.55 bits per heavy atom. The van der Waals surface area contributed by atoms with Crippen LogP contribution in [0.25, 0.3) is 0 Å². The van der Waals surface area contributed by atoms with Crippen LogP contribution in [0.4, 0.5) is 5.82 Å². The van der Waals surface area contributed by atoms with E-state index < -0.39 is 0 Å². The molecule has 5 heteroatoms. The highest BCUT2D eigenvalue weighted by atomic mass is 16.3. The zero-order valence-corrected chi connectivity index (χ0v) is 13.2.